The Bertz CT molecular complexity index is 849. The first kappa shape index (κ1) is 15.6. The zero-order valence-corrected chi connectivity index (χ0v) is 12.7. The molecule has 0 amide bonds. The van der Waals surface area contributed by atoms with E-state index in [1.165, 1.54) is 24.3 Å². The van der Waals surface area contributed by atoms with Gasteiger partial charge in [-0.2, -0.15) is 0 Å². The van der Waals surface area contributed by atoms with Crippen LogP contribution >= 0.6 is 11.6 Å². The highest BCUT2D eigenvalue weighted by Crippen LogP contribution is 2.17. The molecule has 2 rings (SSSR count). The lowest BCUT2D eigenvalue weighted by Gasteiger charge is -2.08. The molecule has 112 valence electrons. The summed E-state index contributed by atoms with van der Waals surface area (Å²) in [7, 11) is -7.72. The summed E-state index contributed by atoms with van der Waals surface area (Å²) < 4.78 is 48.5. The molecule has 0 unspecified atom stereocenters. The molecule has 0 aliphatic rings. The summed E-state index contributed by atoms with van der Waals surface area (Å²) in [6.07, 6.45) is 2.10. The standard InChI is InChI=1S/C10H9ClN4O4S2/c11-10-13-5-9(6-14-10)21(18,19)15-7-1-3-8(4-2-7)20(12,16)17/h1-6,15H,(H2,12,16,17). The Hall–Kier alpha value is -1.75. The second-order valence-electron chi connectivity index (χ2n) is 3.86. The van der Waals surface area contributed by atoms with E-state index in [0.29, 0.717) is 0 Å². The number of nitrogens with one attached hydrogen (secondary N) is 1. The number of anilines is 1. The fourth-order valence-corrected chi connectivity index (χ4v) is 2.93. The zero-order valence-electron chi connectivity index (χ0n) is 10.3. The third-order valence-electron chi connectivity index (χ3n) is 2.34. The SMILES string of the molecule is NS(=O)(=O)c1ccc(NS(=O)(=O)c2cnc(Cl)nc2)cc1. The third kappa shape index (κ3) is 3.88. The normalized spacial score (nSPS) is 12.1. The molecule has 1 aromatic carbocycles. The molecule has 0 bridgehead atoms. The first-order valence-electron chi connectivity index (χ1n) is 5.32. The number of sulfonamides is 2. The van der Waals surface area contributed by atoms with Crippen LogP contribution in [0.2, 0.25) is 5.28 Å². The molecule has 0 saturated heterocycles. The number of nitrogens with two attached hydrogens (primary N) is 1. The fourth-order valence-electron chi connectivity index (χ4n) is 1.37. The summed E-state index contributed by atoms with van der Waals surface area (Å²) in [5.74, 6) is 0. The molecule has 11 heteroatoms. The molecule has 0 atom stereocenters. The van der Waals surface area contributed by atoms with Gasteiger partial charge < -0.3 is 0 Å². The van der Waals surface area contributed by atoms with Crippen LogP contribution in [0.15, 0.2) is 46.5 Å². The average Bonchev–Trinajstić information content (AvgIpc) is 2.38. The Morgan fingerprint density at radius 3 is 1.95 bits per heavy atom. The Labute approximate surface area is 126 Å². The van der Waals surface area contributed by atoms with Crippen molar-refractivity contribution in [1.29, 1.82) is 0 Å². The minimum absolute atomic E-state index is 0.0774. The van der Waals surface area contributed by atoms with Gasteiger partial charge in [0.15, 0.2) is 0 Å². The van der Waals surface area contributed by atoms with E-state index in [2.05, 4.69) is 14.7 Å². The van der Waals surface area contributed by atoms with Crippen LogP contribution in [0.3, 0.4) is 0 Å². The molecule has 1 aromatic heterocycles. The van der Waals surface area contributed by atoms with Crippen molar-refractivity contribution >= 4 is 37.3 Å². The van der Waals surface area contributed by atoms with E-state index in [1.807, 2.05) is 0 Å². The van der Waals surface area contributed by atoms with Crippen LogP contribution in [0.25, 0.3) is 0 Å². The van der Waals surface area contributed by atoms with Gasteiger partial charge in [0.05, 0.1) is 17.3 Å². The number of hydrogen-bond acceptors (Lipinski definition) is 6. The monoisotopic (exact) mass is 348 g/mol. The van der Waals surface area contributed by atoms with E-state index in [-0.39, 0.29) is 20.8 Å². The van der Waals surface area contributed by atoms with E-state index in [9.17, 15) is 16.8 Å². The summed E-state index contributed by atoms with van der Waals surface area (Å²) in [5, 5.41) is 4.87. The topological polar surface area (TPSA) is 132 Å². The Kier molecular flexibility index (Phi) is 4.14. The van der Waals surface area contributed by atoms with Crippen molar-refractivity contribution < 1.29 is 16.8 Å². The van der Waals surface area contributed by atoms with Gasteiger partial charge in [-0.1, -0.05) is 0 Å². The Morgan fingerprint density at radius 2 is 1.48 bits per heavy atom. The quantitative estimate of drug-likeness (QED) is 0.776. The molecular formula is C10H9ClN4O4S2. The van der Waals surface area contributed by atoms with Crippen LogP contribution < -0.4 is 9.86 Å². The number of benzene rings is 1. The van der Waals surface area contributed by atoms with Crippen molar-refractivity contribution in [3.8, 4) is 0 Å². The summed E-state index contributed by atoms with van der Waals surface area (Å²) in [6, 6.07) is 4.92. The number of hydrogen-bond donors (Lipinski definition) is 2. The molecule has 2 aromatic rings. The largest absolute Gasteiger partial charge is 0.280 e. The average molecular weight is 349 g/mol. The van der Waals surface area contributed by atoms with Crippen LogP contribution in [0, 0.1) is 0 Å². The van der Waals surface area contributed by atoms with Crippen LogP contribution in [0.5, 0.6) is 0 Å². The number of halogens is 1. The van der Waals surface area contributed by atoms with E-state index >= 15 is 0 Å². The smallest absolute Gasteiger partial charge is 0.264 e. The van der Waals surface area contributed by atoms with Crippen molar-refractivity contribution in [2.24, 2.45) is 5.14 Å². The lowest BCUT2D eigenvalue weighted by molar-refractivity contribution is 0.597. The number of rotatable bonds is 4. The Balaban J connectivity index is 2.27. The van der Waals surface area contributed by atoms with E-state index in [0.717, 1.165) is 12.4 Å². The summed E-state index contributed by atoms with van der Waals surface area (Å²) in [6.45, 7) is 0. The van der Waals surface area contributed by atoms with Crippen LogP contribution in [0.1, 0.15) is 0 Å². The van der Waals surface area contributed by atoms with Gasteiger partial charge in [-0.05, 0) is 35.9 Å². The summed E-state index contributed by atoms with van der Waals surface area (Å²) >= 11 is 5.48. The molecule has 21 heavy (non-hydrogen) atoms. The number of aromatic nitrogens is 2. The molecule has 8 nitrogen and oxygen atoms in total. The lowest BCUT2D eigenvalue weighted by atomic mass is 10.3. The zero-order chi connectivity index (χ0) is 15.7. The fraction of sp³-hybridized carbons (Fsp3) is 0. The minimum Gasteiger partial charge on any atom is -0.280 e. The van der Waals surface area contributed by atoms with Crippen molar-refractivity contribution in [1.82, 2.24) is 9.97 Å². The molecule has 3 N–H and O–H groups in total. The number of primary sulfonamides is 1. The predicted octanol–water partition coefficient (Wildman–Crippen LogP) is 0.578. The van der Waals surface area contributed by atoms with Crippen molar-refractivity contribution in [2.75, 3.05) is 4.72 Å². The minimum atomic E-state index is -3.89. The highest BCUT2D eigenvalue weighted by Gasteiger charge is 2.16. The van der Waals surface area contributed by atoms with Gasteiger partial charge in [-0.15, -0.1) is 0 Å². The number of nitrogens with zero attached hydrogens (tertiary/aromatic N) is 2. The van der Waals surface area contributed by atoms with Gasteiger partial charge in [-0.25, -0.2) is 31.9 Å². The second-order valence-corrected chi connectivity index (χ2v) is 7.44. The lowest BCUT2D eigenvalue weighted by Crippen LogP contribution is -2.14. The van der Waals surface area contributed by atoms with Crippen molar-refractivity contribution in [3.05, 3.63) is 41.9 Å². The second kappa shape index (κ2) is 5.56. The summed E-state index contributed by atoms with van der Waals surface area (Å²) in [5.41, 5.74) is 0.164. The molecule has 1 heterocycles. The van der Waals surface area contributed by atoms with Crippen LogP contribution in [0.4, 0.5) is 5.69 Å². The van der Waals surface area contributed by atoms with Gasteiger partial charge in [0, 0.05) is 5.69 Å². The molecule has 0 radical (unpaired) electrons. The first-order valence-corrected chi connectivity index (χ1v) is 8.72. The van der Waals surface area contributed by atoms with Gasteiger partial charge in [-0.3, -0.25) is 4.72 Å². The van der Waals surface area contributed by atoms with Gasteiger partial charge in [0.25, 0.3) is 10.0 Å². The molecule has 0 fully saturated rings. The molecular weight excluding hydrogens is 340 g/mol. The van der Waals surface area contributed by atoms with Gasteiger partial charge >= 0.3 is 0 Å². The van der Waals surface area contributed by atoms with E-state index in [4.69, 9.17) is 16.7 Å². The predicted molar refractivity (Wildman–Crippen MR) is 75.7 cm³/mol. The van der Waals surface area contributed by atoms with Crippen LogP contribution in [-0.2, 0) is 20.0 Å². The maximum Gasteiger partial charge on any atom is 0.264 e. The molecule has 0 aliphatic carbocycles. The van der Waals surface area contributed by atoms with E-state index in [1.54, 1.807) is 0 Å². The van der Waals surface area contributed by atoms with Crippen molar-refractivity contribution in [3.63, 3.8) is 0 Å². The molecule has 0 saturated carbocycles. The van der Waals surface area contributed by atoms with Crippen LogP contribution in [-0.4, -0.2) is 26.8 Å². The highest BCUT2D eigenvalue weighted by molar-refractivity contribution is 7.92. The third-order valence-corrected chi connectivity index (χ3v) is 4.80. The first-order chi connectivity index (χ1) is 9.68. The summed E-state index contributed by atoms with van der Waals surface area (Å²) in [4.78, 5) is 6.84. The van der Waals surface area contributed by atoms with Gasteiger partial charge in [0.2, 0.25) is 15.3 Å². The van der Waals surface area contributed by atoms with E-state index < -0.39 is 20.0 Å². The Morgan fingerprint density at radius 1 is 0.952 bits per heavy atom. The highest BCUT2D eigenvalue weighted by atomic mass is 35.5. The molecule has 0 aliphatic heterocycles. The molecule has 0 spiro atoms. The van der Waals surface area contributed by atoms with Gasteiger partial charge in [0.1, 0.15) is 4.90 Å². The maximum atomic E-state index is 12.0. The maximum absolute atomic E-state index is 12.0. The van der Waals surface area contributed by atoms with Crippen molar-refractivity contribution in [2.45, 2.75) is 9.79 Å².